The lowest BCUT2D eigenvalue weighted by molar-refractivity contribution is -0.192. The Morgan fingerprint density at radius 1 is 1.03 bits per heavy atom. The van der Waals surface area contributed by atoms with Gasteiger partial charge in [-0.3, -0.25) is 14.4 Å². The second kappa shape index (κ2) is 14.0. The van der Waals surface area contributed by atoms with Crippen LogP contribution in [0.4, 0.5) is 13.2 Å². The molecule has 0 atom stereocenters. The molecule has 1 aromatic carbocycles. The van der Waals surface area contributed by atoms with Gasteiger partial charge in [-0.25, -0.2) is 4.79 Å². The number of aliphatic carboxylic acids is 1. The molecule has 3 rings (SSSR count). The fraction of sp³-hybridized carbons (Fsp3) is 0.600. The summed E-state index contributed by atoms with van der Waals surface area (Å²) in [5.74, 6) is -2.49. The molecule has 37 heavy (non-hydrogen) atoms. The second-order valence-corrected chi connectivity index (χ2v) is 9.19. The van der Waals surface area contributed by atoms with E-state index in [1.165, 1.54) is 0 Å². The number of carboxylic acids is 1. The van der Waals surface area contributed by atoms with Gasteiger partial charge in [0.15, 0.2) is 0 Å². The average Bonchev–Trinajstić information content (AvgIpc) is 3.24. The predicted molar refractivity (Wildman–Crippen MR) is 130 cm³/mol. The average molecular weight is 529 g/mol. The van der Waals surface area contributed by atoms with Crippen molar-refractivity contribution < 1.29 is 37.5 Å². The molecule has 2 N–H and O–H groups in total. The number of likely N-dealkylation sites (tertiary alicyclic amines) is 1. The third-order valence-electron chi connectivity index (χ3n) is 6.09. The number of nitrogens with zero attached hydrogens (tertiary/aromatic N) is 3. The molecule has 206 valence electrons. The van der Waals surface area contributed by atoms with Crippen LogP contribution in [-0.2, 0) is 14.4 Å². The van der Waals surface area contributed by atoms with E-state index in [0.717, 1.165) is 56.7 Å². The van der Waals surface area contributed by atoms with Crippen molar-refractivity contribution in [3.05, 3.63) is 34.9 Å². The van der Waals surface area contributed by atoms with Crippen LogP contribution in [0.1, 0.15) is 47.2 Å². The van der Waals surface area contributed by atoms with Gasteiger partial charge in [-0.2, -0.15) is 13.2 Å². The van der Waals surface area contributed by atoms with Crippen molar-refractivity contribution in [3.63, 3.8) is 0 Å². The molecule has 2 heterocycles. The largest absolute Gasteiger partial charge is 0.490 e. The Labute approximate surface area is 214 Å². The smallest absolute Gasteiger partial charge is 0.475 e. The molecule has 2 aliphatic rings. The van der Waals surface area contributed by atoms with E-state index in [-0.39, 0.29) is 17.7 Å². The standard InChI is InChI=1S/C23H34N4O3.C2HF3O2/c1-18-15-19(2)17-20(16-18)23(30)27(11-4-10-25-9-3-5-21(25)28)12-6-22(29)26-13-7-24-8-14-26;3-2(4,5)1(6)7/h15-17,24H,3-14H2,1-2H3;(H,6,7). The number of halogens is 3. The lowest BCUT2D eigenvalue weighted by atomic mass is 10.1. The molecule has 0 saturated carbocycles. The Morgan fingerprint density at radius 2 is 1.62 bits per heavy atom. The first kappa shape index (κ1) is 30.1. The zero-order valence-electron chi connectivity index (χ0n) is 21.3. The quantitative estimate of drug-likeness (QED) is 0.536. The van der Waals surface area contributed by atoms with Crippen molar-refractivity contribution in [2.24, 2.45) is 0 Å². The molecule has 0 bridgehead atoms. The molecule has 0 aromatic heterocycles. The number of nitrogens with one attached hydrogen (secondary N) is 1. The van der Waals surface area contributed by atoms with Crippen LogP contribution >= 0.6 is 0 Å². The number of rotatable bonds is 8. The van der Waals surface area contributed by atoms with E-state index < -0.39 is 12.1 Å². The maximum Gasteiger partial charge on any atom is 0.490 e. The molecule has 0 radical (unpaired) electrons. The highest BCUT2D eigenvalue weighted by Gasteiger charge is 2.38. The Bertz CT molecular complexity index is 944. The van der Waals surface area contributed by atoms with E-state index in [1.54, 1.807) is 4.90 Å². The Hall–Kier alpha value is -3.15. The minimum Gasteiger partial charge on any atom is -0.475 e. The van der Waals surface area contributed by atoms with Gasteiger partial charge in [0.2, 0.25) is 11.8 Å². The number of amides is 3. The summed E-state index contributed by atoms with van der Waals surface area (Å²) in [4.78, 5) is 52.1. The molecule has 2 saturated heterocycles. The lowest BCUT2D eigenvalue weighted by Crippen LogP contribution is -2.47. The van der Waals surface area contributed by atoms with Crippen molar-refractivity contribution in [2.45, 2.75) is 45.7 Å². The van der Waals surface area contributed by atoms with E-state index in [2.05, 4.69) is 5.32 Å². The Balaban J connectivity index is 0.000000604. The predicted octanol–water partition coefficient (Wildman–Crippen LogP) is 2.21. The van der Waals surface area contributed by atoms with Crippen molar-refractivity contribution in [1.29, 1.82) is 0 Å². The van der Waals surface area contributed by atoms with Crippen molar-refractivity contribution in [3.8, 4) is 0 Å². The first-order chi connectivity index (χ1) is 17.4. The fourth-order valence-corrected chi connectivity index (χ4v) is 4.29. The third-order valence-corrected chi connectivity index (χ3v) is 6.09. The van der Waals surface area contributed by atoms with Crippen LogP contribution in [0.25, 0.3) is 0 Å². The molecular formula is C25H35F3N4O5. The van der Waals surface area contributed by atoms with E-state index in [0.29, 0.717) is 38.0 Å². The second-order valence-electron chi connectivity index (χ2n) is 9.19. The first-order valence-electron chi connectivity index (χ1n) is 12.3. The summed E-state index contributed by atoms with van der Waals surface area (Å²) in [6.45, 7) is 9.49. The van der Waals surface area contributed by atoms with Gasteiger partial charge in [-0.15, -0.1) is 0 Å². The van der Waals surface area contributed by atoms with Crippen LogP contribution in [0.15, 0.2) is 18.2 Å². The number of carbonyl (C=O) groups is 4. The van der Waals surface area contributed by atoms with Crippen LogP contribution < -0.4 is 5.32 Å². The van der Waals surface area contributed by atoms with Crippen LogP contribution in [0.5, 0.6) is 0 Å². The first-order valence-corrected chi connectivity index (χ1v) is 12.3. The Morgan fingerprint density at radius 3 is 2.14 bits per heavy atom. The number of hydrogen-bond acceptors (Lipinski definition) is 5. The highest BCUT2D eigenvalue weighted by molar-refractivity contribution is 5.95. The Kier molecular flexibility index (Phi) is 11.4. The summed E-state index contributed by atoms with van der Waals surface area (Å²) >= 11 is 0. The van der Waals surface area contributed by atoms with Gasteiger partial charge in [-0.1, -0.05) is 17.2 Å². The number of aryl methyl sites for hydroxylation is 2. The number of hydrogen-bond donors (Lipinski definition) is 2. The van der Waals surface area contributed by atoms with Gasteiger partial charge in [0.05, 0.1) is 0 Å². The van der Waals surface area contributed by atoms with Gasteiger partial charge in [0.25, 0.3) is 5.91 Å². The molecule has 2 fully saturated rings. The van der Waals surface area contributed by atoms with E-state index in [1.807, 2.05) is 41.8 Å². The maximum atomic E-state index is 13.2. The molecule has 0 unspecified atom stereocenters. The van der Waals surface area contributed by atoms with Crippen LogP contribution in [0, 0.1) is 13.8 Å². The minimum absolute atomic E-state index is 0.0392. The summed E-state index contributed by atoms with van der Waals surface area (Å²) in [6.07, 6.45) is -2.48. The van der Waals surface area contributed by atoms with E-state index in [4.69, 9.17) is 9.90 Å². The monoisotopic (exact) mass is 528 g/mol. The van der Waals surface area contributed by atoms with Crippen LogP contribution in [0.2, 0.25) is 0 Å². The summed E-state index contributed by atoms with van der Waals surface area (Å²) in [6, 6.07) is 5.86. The summed E-state index contributed by atoms with van der Waals surface area (Å²) in [5.41, 5.74) is 2.77. The number of carbonyl (C=O) groups excluding carboxylic acids is 3. The molecule has 9 nitrogen and oxygen atoms in total. The fourth-order valence-electron chi connectivity index (χ4n) is 4.29. The topological polar surface area (TPSA) is 110 Å². The number of piperazine rings is 1. The van der Waals surface area contributed by atoms with E-state index in [9.17, 15) is 27.6 Å². The van der Waals surface area contributed by atoms with Crippen molar-refractivity contribution in [1.82, 2.24) is 20.0 Å². The van der Waals surface area contributed by atoms with Gasteiger partial charge < -0.3 is 25.1 Å². The number of carboxylic acid groups (broad SMARTS) is 1. The summed E-state index contributed by atoms with van der Waals surface area (Å²) in [5, 5.41) is 10.4. The van der Waals surface area contributed by atoms with Crippen LogP contribution in [0.3, 0.4) is 0 Å². The molecule has 12 heteroatoms. The SMILES string of the molecule is Cc1cc(C)cc(C(=O)N(CCCN2CCCC2=O)CCC(=O)N2CCNCC2)c1.O=C(O)C(F)(F)F. The molecular weight excluding hydrogens is 493 g/mol. The minimum atomic E-state index is -5.08. The number of alkyl halides is 3. The maximum absolute atomic E-state index is 13.2. The van der Waals surface area contributed by atoms with Gasteiger partial charge in [0.1, 0.15) is 0 Å². The molecule has 0 spiro atoms. The molecule has 2 aliphatic heterocycles. The summed E-state index contributed by atoms with van der Waals surface area (Å²) in [7, 11) is 0. The van der Waals surface area contributed by atoms with E-state index >= 15 is 0 Å². The highest BCUT2D eigenvalue weighted by Crippen LogP contribution is 2.15. The van der Waals surface area contributed by atoms with Crippen molar-refractivity contribution >= 4 is 23.7 Å². The van der Waals surface area contributed by atoms with Gasteiger partial charge in [-0.05, 0) is 38.8 Å². The molecule has 0 aliphatic carbocycles. The zero-order valence-corrected chi connectivity index (χ0v) is 21.3. The third kappa shape index (κ3) is 10.0. The normalized spacial score (nSPS) is 15.8. The van der Waals surface area contributed by atoms with Gasteiger partial charge >= 0.3 is 12.1 Å². The number of benzene rings is 1. The lowest BCUT2D eigenvalue weighted by Gasteiger charge is -2.29. The molecule has 1 aromatic rings. The van der Waals surface area contributed by atoms with Crippen LogP contribution in [-0.4, -0.2) is 102 Å². The van der Waals surface area contributed by atoms with Crippen molar-refractivity contribution in [2.75, 3.05) is 52.4 Å². The highest BCUT2D eigenvalue weighted by atomic mass is 19.4. The zero-order chi connectivity index (χ0) is 27.6. The van der Waals surface area contributed by atoms with Gasteiger partial charge in [0, 0.05) is 70.8 Å². The summed E-state index contributed by atoms with van der Waals surface area (Å²) < 4.78 is 31.7. The molecule has 3 amide bonds.